The third-order valence-corrected chi connectivity index (χ3v) is 3.87. The van der Waals surface area contributed by atoms with Crippen LogP contribution >= 0.6 is 23.8 Å². The first-order valence-corrected chi connectivity index (χ1v) is 7.28. The Bertz CT molecular complexity index is 810. The highest BCUT2D eigenvalue weighted by Gasteiger charge is 2.16. The van der Waals surface area contributed by atoms with Gasteiger partial charge in [-0.3, -0.25) is 14.6 Å². The molecule has 3 aromatic rings. The molecule has 0 saturated carbocycles. The summed E-state index contributed by atoms with van der Waals surface area (Å²) in [7, 11) is 0. The van der Waals surface area contributed by atoms with Gasteiger partial charge < -0.3 is 0 Å². The van der Waals surface area contributed by atoms with Crippen molar-refractivity contribution < 1.29 is 0 Å². The minimum atomic E-state index is 0.0187. The van der Waals surface area contributed by atoms with Crippen molar-refractivity contribution in [3.63, 3.8) is 0 Å². The fourth-order valence-electron chi connectivity index (χ4n) is 2.28. The number of hydrogen-bond donors (Lipinski definition) is 1. The van der Waals surface area contributed by atoms with E-state index in [0.29, 0.717) is 9.79 Å². The molecule has 6 heteroatoms. The first kappa shape index (κ1) is 14.0. The average Bonchev–Trinajstić information content (AvgIpc) is 2.89. The molecule has 1 aromatic carbocycles. The zero-order chi connectivity index (χ0) is 14.8. The highest BCUT2D eigenvalue weighted by atomic mass is 35.5. The standard InChI is InChI=1S/C15H13ClN4S/c1-10(11-4-2-6-13(16)8-11)20-14(18-19-15(20)21)12-5-3-7-17-9-12/h2-10H,1H3,(H,19,21). The molecule has 21 heavy (non-hydrogen) atoms. The lowest BCUT2D eigenvalue weighted by molar-refractivity contribution is 0.635. The molecular formula is C15H13ClN4S. The summed E-state index contributed by atoms with van der Waals surface area (Å²) in [5.41, 5.74) is 1.99. The maximum Gasteiger partial charge on any atom is 0.196 e. The molecule has 0 aliphatic heterocycles. The van der Waals surface area contributed by atoms with Gasteiger partial charge in [0, 0.05) is 23.0 Å². The summed E-state index contributed by atoms with van der Waals surface area (Å²) in [6, 6.07) is 11.6. The van der Waals surface area contributed by atoms with Crippen LogP contribution < -0.4 is 0 Å². The van der Waals surface area contributed by atoms with Crippen molar-refractivity contribution >= 4 is 23.8 Å². The molecule has 0 spiro atoms. The number of hydrogen-bond acceptors (Lipinski definition) is 3. The van der Waals surface area contributed by atoms with Crippen molar-refractivity contribution in [3.05, 3.63) is 64.1 Å². The predicted octanol–water partition coefficient (Wildman–Crippen LogP) is 4.27. The van der Waals surface area contributed by atoms with Crippen LogP contribution in [0, 0.1) is 4.77 Å². The number of H-pyrrole nitrogens is 1. The lowest BCUT2D eigenvalue weighted by atomic mass is 10.1. The second-order valence-corrected chi connectivity index (χ2v) is 5.52. The Balaban J connectivity index is 2.11. The summed E-state index contributed by atoms with van der Waals surface area (Å²) in [5, 5.41) is 7.89. The Morgan fingerprint density at radius 3 is 2.86 bits per heavy atom. The second-order valence-electron chi connectivity index (χ2n) is 4.70. The monoisotopic (exact) mass is 316 g/mol. The molecule has 2 aromatic heterocycles. The Labute approximate surface area is 132 Å². The van der Waals surface area contributed by atoms with Crippen LogP contribution in [0.2, 0.25) is 5.02 Å². The van der Waals surface area contributed by atoms with Gasteiger partial charge in [-0.2, -0.15) is 5.10 Å². The molecule has 3 rings (SSSR count). The quantitative estimate of drug-likeness (QED) is 0.734. The summed E-state index contributed by atoms with van der Waals surface area (Å²) >= 11 is 11.5. The van der Waals surface area contributed by atoms with Gasteiger partial charge in [0.15, 0.2) is 10.6 Å². The minimum absolute atomic E-state index is 0.0187. The predicted molar refractivity (Wildman–Crippen MR) is 85.9 cm³/mol. The SMILES string of the molecule is CC(c1cccc(Cl)c1)n1c(-c2cccnc2)n[nH]c1=S. The van der Waals surface area contributed by atoms with Crippen molar-refractivity contribution in [1.29, 1.82) is 0 Å². The first-order valence-electron chi connectivity index (χ1n) is 6.49. The largest absolute Gasteiger partial charge is 0.293 e. The van der Waals surface area contributed by atoms with Gasteiger partial charge in [-0.05, 0) is 49.0 Å². The van der Waals surface area contributed by atoms with E-state index < -0.39 is 0 Å². The van der Waals surface area contributed by atoms with Crippen LogP contribution in [0.4, 0.5) is 0 Å². The van der Waals surface area contributed by atoms with Crippen LogP contribution in [-0.4, -0.2) is 19.7 Å². The summed E-state index contributed by atoms with van der Waals surface area (Å²) in [4.78, 5) is 4.14. The minimum Gasteiger partial charge on any atom is -0.293 e. The molecule has 2 heterocycles. The molecule has 0 radical (unpaired) electrons. The van der Waals surface area contributed by atoms with E-state index in [1.165, 1.54) is 0 Å². The third-order valence-electron chi connectivity index (χ3n) is 3.34. The lowest BCUT2D eigenvalue weighted by Crippen LogP contribution is -2.09. The van der Waals surface area contributed by atoms with E-state index in [4.69, 9.17) is 23.8 Å². The van der Waals surface area contributed by atoms with Crippen LogP contribution in [0.3, 0.4) is 0 Å². The van der Waals surface area contributed by atoms with Gasteiger partial charge in [0.05, 0.1) is 6.04 Å². The van der Waals surface area contributed by atoms with Crippen LogP contribution in [-0.2, 0) is 0 Å². The molecule has 1 unspecified atom stereocenters. The van der Waals surface area contributed by atoms with Gasteiger partial charge in [0.25, 0.3) is 0 Å². The molecule has 4 nitrogen and oxygen atoms in total. The zero-order valence-electron chi connectivity index (χ0n) is 11.3. The number of aromatic amines is 1. The molecule has 0 bridgehead atoms. The summed E-state index contributed by atoms with van der Waals surface area (Å²) < 4.78 is 2.54. The normalized spacial score (nSPS) is 12.3. The smallest absolute Gasteiger partial charge is 0.196 e. The molecule has 0 aliphatic carbocycles. The summed E-state index contributed by atoms with van der Waals surface area (Å²) in [5.74, 6) is 0.764. The van der Waals surface area contributed by atoms with Crippen LogP contribution in [0.5, 0.6) is 0 Å². The van der Waals surface area contributed by atoms with E-state index >= 15 is 0 Å². The van der Waals surface area contributed by atoms with Gasteiger partial charge in [-0.1, -0.05) is 23.7 Å². The van der Waals surface area contributed by atoms with Crippen LogP contribution in [0.25, 0.3) is 11.4 Å². The number of aromatic nitrogens is 4. The number of nitrogens with one attached hydrogen (secondary N) is 1. The highest BCUT2D eigenvalue weighted by molar-refractivity contribution is 7.71. The fraction of sp³-hybridized carbons (Fsp3) is 0.133. The summed E-state index contributed by atoms with van der Waals surface area (Å²) in [6.45, 7) is 2.07. The molecule has 1 N–H and O–H groups in total. The van der Waals surface area contributed by atoms with Crippen molar-refractivity contribution in [3.8, 4) is 11.4 Å². The van der Waals surface area contributed by atoms with E-state index in [1.807, 2.05) is 41.0 Å². The number of pyridine rings is 1. The molecule has 0 saturated heterocycles. The number of rotatable bonds is 3. The van der Waals surface area contributed by atoms with Crippen LogP contribution in [0.15, 0.2) is 48.8 Å². The first-order chi connectivity index (χ1) is 10.2. The van der Waals surface area contributed by atoms with Crippen molar-refractivity contribution in [1.82, 2.24) is 19.7 Å². The molecule has 106 valence electrons. The Morgan fingerprint density at radius 2 is 2.14 bits per heavy atom. The molecule has 1 atom stereocenters. The molecule has 0 fully saturated rings. The van der Waals surface area contributed by atoms with Gasteiger partial charge in [0.2, 0.25) is 0 Å². The van der Waals surface area contributed by atoms with Gasteiger partial charge in [-0.15, -0.1) is 0 Å². The maximum absolute atomic E-state index is 6.08. The number of halogens is 1. The van der Waals surface area contributed by atoms with Gasteiger partial charge >= 0.3 is 0 Å². The molecule has 0 aliphatic rings. The second kappa shape index (κ2) is 5.79. The zero-order valence-corrected chi connectivity index (χ0v) is 12.9. The van der Waals surface area contributed by atoms with Crippen molar-refractivity contribution in [2.75, 3.05) is 0 Å². The number of nitrogens with zero attached hydrogens (tertiary/aromatic N) is 3. The van der Waals surface area contributed by atoms with E-state index in [2.05, 4.69) is 22.1 Å². The van der Waals surface area contributed by atoms with Gasteiger partial charge in [-0.25, -0.2) is 0 Å². The van der Waals surface area contributed by atoms with Crippen molar-refractivity contribution in [2.24, 2.45) is 0 Å². The van der Waals surface area contributed by atoms with Gasteiger partial charge in [0.1, 0.15) is 0 Å². The van der Waals surface area contributed by atoms with Crippen LogP contribution in [0.1, 0.15) is 18.5 Å². The fourth-order valence-corrected chi connectivity index (χ4v) is 2.77. The lowest BCUT2D eigenvalue weighted by Gasteiger charge is -2.16. The highest BCUT2D eigenvalue weighted by Crippen LogP contribution is 2.26. The third kappa shape index (κ3) is 2.75. The average molecular weight is 317 g/mol. The van der Waals surface area contributed by atoms with E-state index in [0.717, 1.165) is 17.0 Å². The number of benzene rings is 1. The molecular weight excluding hydrogens is 304 g/mol. The van der Waals surface area contributed by atoms with E-state index in [-0.39, 0.29) is 6.04 Å². The van der Waals surface area contributed by atoms with Crippen molar-refractivity contribution in [2.45, 2.75) is 13.0 Å². The summed E-state index contributed by atoms with van der Waals surface area (Å²) in [6.07, 6.45) is 3.50. The Kier molecular flexibility index (Phi) is 3.86. The van der Waals surface area contributed by atoms with E-state index in [9.17, 15) is 0 Å². The Hall–Kier alpha value is -1.98. The maximum atomic E-state index is 6.08. The Morgan fingerprint density at radius 1 is 1.29 bits per heavy atom. The topological polar surface area (TPSA) is 46.5 Å². The molecule has 0 amide bonds. The van der Waals surface area contributed by atoms with E-state index in [1.54, 1.807) is 12.4 Å².